The Morgan fingerprint density at radius 1 is 1.55 bits per heavy atom. The number of nitro groups is 1. The number of rotatable bonds is 5. The van der Waals surface area contributed by atoms with Gasteiger partial charge < -0.3 is 11.1 Å². The van der Waals surface area contributed by atoms with Crippen molar-refractivity contribution in [2.24, 2.45) is 0 Å². The smallest absolute Gasteiger partial charge is 0.332 e. The van der Waals surface area contributed by atoms with Crippen molar-refractivity contribution in [3.63, 3.8) is 0 Å². The molecule has 0 aliphatic rings. The molecule has 2 aromatic heterocycles. The van der Waals surface area contributed by atoms with Gasteiger partial charge in [-0.25, -0.2) is 4.98 Å². The number of thiophene rings is 1. The molecule has 0 aromatic carbocycles. The van der Waals surface area contributed by atoms with Crippen molar-refractivity contribution in [3.05, 3.63) is 38.2 Å². The second kappa shape index (κ2) is 5.83. The Bertz CT molecular complexity index is 615. The summed E-state index contributed by atoms with van der Waals surface area (Å²) >= 11 is 1.59. The summed E-state index contributed by atoms with van der Waals surface area (Å²) in [5.41, 5.74) is 5.71. The van der Waals surface area contributed by atoms with Crippen LogP contribution >= 0.6 is 11.3 Å². The van der Waals surface area contributed by atoms with Crippen molar-refractivity contribution in [2.45, 2.75) is 26.3 Å². The summed E-state index contributed by atoms with van der Waals surface area (Å²) in [5.74, 6) is 0.192. The van der Waals surface area contributed by atoms with Gasteiger partial charge >= 0.3 is 5.69 Å². The zero-order valence-corrected chi connectivity index (χ0v) is 12.0. The van der Waals surface area contributed by atoms with Crippen molar-refractivity contribution in [3.8, 4) is 0 Å². The van der Waals surface area contributed by atoms with Crippen LogP contribution < -0.4 is 11.1 Å². The average molecular weight is 293 g/mol. The third kappa shape index (κ3) is 2.85. The van der Waals surface area contributed by atoms with Gasteiger partial charge in [-0.1, -0.05) is 13.0 Å². The number of hydrogen-bond acceptors (Lipinski definition) is 7. The molecule has 2 aromatic rings. The summed E-state index contributed by atoms with van der Waals surface area (Å²) in [6.07, 6.45) is 0.778. The van der Waals surface area contributed by atoms with Crippen molar-refractivity contribution in [1.29, 1.82) is 0 Å². The maximum atomic E-state index is 11.2. The summed E-state index contributed by atoms with van der Waals surface area (Å²) < 4.78 is 0. The van der Waals surface area contributed by atoms with Crippen molar-refractivity contribution in [2.75, 3.05) is 11.1 Å². The summed E-state index contributed by atoms with van der Waals surface area (Å²) in [4.78, 5) is 19.6. The third-order valence-electron chi connectivity index (χ3n) is 2.86. The van der Waals surface area contributed by atoms with Crippen LogP contribution in [0.25, 0.3) is 0 Å². The Kier molecular flexibility index (Phi) is 4.14. The normalized spacial score (nSPS) is 12.1. The van der Waals surface area contributed by atoms with Crippen LogP contribution in [-0.2, 0) is 0 Å². The molecule has 8 heteroatoms. The first-order valence-corrected chi connectivity index (χ1v) is 6.99. The zero-order chi connectivity index (χ0) is 14.7. The monoisotopic (exact) mass is 293 g/mol. The van der Waals surface area contributed by atoms with Crippen LogP contribution in [0.2, 0.25) is 0 Å². The van der Waals surface area contributed by atoms with Crippen molar-refractivity contribution in [1.82, 2.24) is 9.97 Å². The fourth-order valence-corrected chi connectivity index (χ4v) is 2.80. The topological polar surface area (TPSA) is 107 Å². The van der Waals surface area contributed by atoms with E-state index in [4.69, 9.17) is 5.73 Å². The number of anilines is 2. The second-order valence-electron chi connectivity index (χ2n) is 4.24. The van der Waals surface area contributed by atoms with Crippen LogP contribution in [0, 0.1) is 17.0 Å². The highest BCUT2D eigenvalue weighted by Gasteiger charge is 2.24. The molecule has 2 heterocycles. The highest BCUT2D eigenvalue weighted by Crippen LogP contribution is 2.31. The quantitative estimate of drug-likeness (QED) is 0.648. The number of aromatic nitrogens is 2. The van der Waals surface area contributed by atoms with Gasteiger partial charge in [0.1, 0.15) is 5.69 Å². The number of nitrogens with two attached hydrogens (primary N) is 1. The van der Waals surface area contributed by atoms with Gasteiger partial charge in [-0.3, -0.25) is 10.1 Å². The maximum Gasteiger partial charge on any atom is 0.332 e. The van der Waals surface area contributed by atoms with Gasteiger partial charge in [-0.2, -0.15) is 4.98 Å². The van der Waals surface area contributed by atoms with Gasteiger partial charge in [0.2, 0.25) is 11.8 Å². The molecule has 0 radical (unpaired) electrons. The van der Waals surface area contributed by atoms with E-state index in [1.165, 1.54) is 0 Å². The van der Waals surface area contributed by atoms with Gasteiger partial charge in [0, 0.05) is 4.88 Å². The predicted octanol–water partition coefficient (Wildman–Crippen LogP) is 2.90. The fourth-order valence-electron chi connectivity index (χ4n) is 1.94. The molecule has 0 amide bonds. The minimum atomic E-state index is -0.488. The molecule has 1 unspecified atom stereocenters. The molecule has 106 valence electrons. The van der Waals surface area contributed by atoms with Crippen LogP contribution in [0.1, 0.15) is 30.0 Å². The molecular formula is C12H15N5O2S. The lowest BCUT2D eigenvalue weighted by Crippen LogP contribution is -2.13. The number of nitrogen functional groups attached to an aromatic ring is 1. The Balaban J connectivity index is 2.39. The first-order chi connectivity index (χ1) is 9.52. The number of hydrogen-bond donors (Lipinski definition) is 2. The molecule has 0 saturated heterocycles. The lowest BCUT2D eigenvalue weighted by Gasteiger charge is -2.16. The lowest BCUT2D eigenvalue weighted by molar-refractivity contribution is -0.385. The SMILES string of the molecule is CCC(Nc1nc(N)nc(C)c1[N+](=O)[O-])c1cccs1. The number of aryl methyl sites for hydroxylation is 1. The Labute approximate surface area is 120 Å². The molecule has 0 aliphatic carbocycles. The first-order valence-electron chi connectivity index (χ1n) is 6.11. The van der Waals surface area contributed by atoms with Gasteiger partial charge in [-0.15, -0.1) is 11.3 Å². The van der Waals surface area contributed by atoms with Crippen LogP contribution in [0.15, 0.2) is 17.5 Å². The molecular weight excluding hydrogens is 278 g/mol. The molecule has 1 atom stereocenters. The van der Waals surface area contributed by atoms with Crippen molar-refractivity contribution < 1.29 is 4.92 Å². The minimum absolute atomic E-state index is 0.0247. The molecule has 0 bridgehead atoms. The molecule has 0 saturated carbocycles. The van der Waals surface area contributed by atoms with E-state index < -0.39 is 4.92 Å². The molecule has 20 heavy (non-hydrogen) atoms. The van der Waals surface area contributed by atoms with Crippen LogP contribution in [0.4, 0.5) is 17.5 Å². The van der Waals surface area contributed by atoms with Gasteiger partial charge in [0.15, 0.2) is 0 Å². The predicted molar refractivity (Wildman–Crippen MR) is 78.8 cm³/mol. The first kappa shape index (κ1) is 14.2. The molecule has 0 aliphatic heterocycles. The zero-order valence-electron chi connectivity index (χ0n) is 11.2. The summed E-state index contributed by atoms with van der Waals surface area (Å²) in [6.45, 7) is 3.55. The van der Waals surface area contributed by atoms with Crippen LogP contribution in [0.5, 0.6) is 0 Å². The molecule has 3 N–H and O–H groups in total. The molecule has 0 fully saturated rings. The van der Waals surface area contributed by atoms with Gasteiger partial charge in [0.25, 0.3) is 0 Å². The van der Waals surface area contributed by atoms with E-state index in [1.807, 2.05) is 24.4 Å². The van der Waals surface area contributed by atoms with Crippen molar-refractivity contribution >= 4 is 28.8 Å². The van der Waals surface area contributed by atoms with Crippen LogP contribution in [-0.4, -0.2) is 14.9 Å². The Morgan fingerprint density at radius 3 is 2.85 bits per heavy atom. The molecule has 0 spiro atoms. The van der Waals surface area contributed by atoms with E-state index in [0.717, 1.165) is 11.3 Å². The van der Waals surface area contributed by atoms with E-state index in [0.29, 0.717) is 0 Å². The van der Waals surface area contributed by atoms with E-state index in [1.54, 1.807) is 18.3 Å². The Morgan fingerprint density at radius 2 is 2.30 bits per heavy atom. The minimum Gasteiger partial charge on any atom is -0.368 e. The second-order valence-corrected chi connectivity index (χ2v) is 5.22. The maximum absolute atomic E-state index is 11.2. The van der Waals surface area contributed by atoms with Gasteiger partial charge in [0.05, 0.1) is 11.0 Å². The Hall–Kier alpha value is -2.22. The van der Waals surface area contributed by atoms with E-state index >= 15 is 0 Å². The van der Waals surface area contributed by atoms with E-state index in [9.17, 15) is 10.1 Å². The van der Waals surface area contributed by atoms with E-state index in [-0.39, 0.29) is 29.2 Å². The summed E-state index contributed by atoms with van der Waals surface area (Å²) in [7, 11) is 0. The lowest BCUT2D eigenvalue weighted by atomic mass is 10.2. The molecule has 7 nitrogen and oxygen atoms in total. The van der Waals surface area contributed by atoms with Gasteiger partial charge in [-0.05, 0) is 24.8 Å². The van der Waals surface area contributed by atoms with Crippen LogP contribution in [0.3, 0.4) is 0 Å². The van der Waals surface area contributed by atoms with E-state index in [2.05, 4.69) is 15.3 Å². The largest absolute Gasteiger partial charge is 0.368 e. The number of nitrogens with one attached hydrogen (secondary N) is 1. The number of nitrogens with zero attached hydrogens (tertiary/aromatic N) is 3. The fraction of sp³-hybridized carbons (Fsp3) is 0.333. The third-order valence-corrected chi connectivity index (χ3v) is 3.85. The highest BCUT2D eigenvalue weighted by atomic mass is 32.1. The molecule has 2 rings (SSSR count). The average Bonchev–Trinajstić information content (AvgIpc) is 2.88. The summed E-state index contributed by atoms with van der Waals surface area (Å²) in [5, 5.41) is 16.2. The standard InChI is InChI=1S/C12H15N5O2S/c1-3-8(9-5-4-6-20-9)15-11-10(17(18)19)7(2)14-12(13)16-11/h4-6,8H,3H2,1-2H3,(H3,13,14,15,16). The highest BCUT2D eigenvalue weighted by molar-refractivity contribution is 7.10. The summed E-state index contributed by atoms with van der Waals surface area (Å²) in [6, 6.07) is 3.88.